The normalized spacial score (nSPS) is 11.1. The predicted octanol–water partition coefficient (Wildman–Crippen LogP) is 2.95. The van der Waals surface area contributed by atoms with Crippen LogP contribution in [0.4, 0.5) is 5.82 Å². The van der Waals surface area contributed by atoms with Gasteiger partial charge in [-0.1, -0.05) is 11.6 Å². The van der Waals surface area contributed by atoms with E-state index in [9.17, 15) is 0 Å². The van der Waals surface area contributed by atoms with Gasteiger partial charge in [0.15, 0.2) is 0 Å². The zero-order valence-corrected chi connectivity index (χ0v) is 10.6. The fraction of sp³-hybridized carbons (Fsp3) is 0.455. The van der Waals surface area contributed by atoms with E-state index in [-0.39, 0.29) is 5.60 Å². The number of ether oxygens (including phenoxy) is 1. The Balaban J connectivity index is 3.25. The zero-order chi connectivity index (χ0) is 12.3. The highest BCUT2D eigenvalue weighted by molar-refractivity contribution is 6.29. The molecule has 0 unspecified atom stereocenters. The smallest absolute Gasteiger partial charge is 0.140 e. The third-order valence-corrected chi connectivity index (χ3v) is 1.98. The van der Waals surface area contributed by atoms with Crippen LogP contribution in [0, 0.1) is 5.41 Å². The second-order valence-corrected chi connectivity index (χ2v) is 4.70. The van der Waals surface area contributed by atoms with E-state index in [0.717, 1.165) is 0 Å². The van der Waals surface area contributed by atoms with Crippen molar-refractivity contribution in [2.45, 2.75) is 26.4 Å². The number of pyridine rings is 1. The Labute approximate surface area is 100 Å². The molecule has 16 heavy (non-hydrogen) atoms. The Kier molecular flexibility index (Phi) is 3.75. The summed E-state index contributed by atoms with van der Waals surface area (Å²) in [6, 6.07) is 1.62. The van der Waals surface area contributed by atoms with E-state index >= 15 is 0 Å². The van der Waals surface area contributed by atoms with E-state index in [0.29, 0.717) is 22.3 Å². The van der Waals surface area contributed by atoms with Gasteiger partial charge in [0.2, 0.25) is 0 Å². The van der Waals surface area contributed by atoms with Gasteiger partial charge in [-0.05, 0) is 20.8 Å². The third kappa shape index (κ3) is 3.10. The fourth-order valence-corrected chi connectivity index (χ4v) is 1.43. The molecule has 0 spiro atoms. The van der Waals surface area contributed by atoms with Gasteiger partial charge in [0.05, 0.1) is 5.56 Å². The maximum atomic E-state index is 7.38. The summed E-state index contributed by atoms with van der Waals surface area (Å²) in [6.45, 7) is 5.82. The van der Waals surface area contributed by atoms with Crippen molar-refractivity contribution >= 4 is 23.6 Å². The number of rotatable bonds is 3. The molecule has 0 aliphatic carbocycles. The van der Waals surface area contributed by atoms with Crippen molar-refractivity contribution in [2.24, 2.45) is 0 Å². The van der Waals surface area contributed by atoms with Crippen LogP contribution in [0.1, 0.15) is 26.3 Å². The Morgan fingerprint density at radius 1 is 1.50 bits per heavy atom. The first-order valence-electron chi connectivity index (χ1n) is 4.95. The molecule has 0 radical (unpaired) electrons. The molecular formula is C11H16ClN3O. The average Bonchev–Trinajstić information content (AvgIpc) is 2.14. The Morgan fingerprint density at radius 2 is 2.12 bits per heavy atom. The van der Waals surface area contributed by atoms with Crippen molar-refractivity contribution in [3.63, 3.8) is 0 Å². The van der Waals surface area contributed by atoms with Crippen LogP contribution in [0.3, 0.4) is 0 Å². The van der Waals surface area contributed by atoms with Gasteiger partial charge in [0.25, 0.3) is 0 Å². The minimum atomic E-state index is -0.340. The quantitative estimate of drug-likeness (QED) is 0.632. The second-order valence-electron chi connectivity index (χ2n) is 4.31. The summed E-state index contributed by atoms with van der Waals surface area (Å²) in [6.07, 6.45) is 1.20. The summed E-state index contributed by atoms with van der Waals surface area (Å²) in [5.74, 6) is 1.11. The monoisotopic (exact) mass is 241 g/mol. The number of anilines is 1. The largest absolute Gasteiger partial charge is 0.487 e. The number of hydrogen-bond donors (Lipinski definition) is 2. The molecule has 0 aliphatic rings. The van der Waals surface area contributed by atoms with Gasteiger partial charge >= 0.3 is 0 Å². The third-order valence-electron chi connectivity index (χ3n) is 1.79. The van der Waals surface area contributed by atoms with Crippen molar-refractivity contribution in [1.29, 1.82) is 5.41 Å². The maximum Gasteiger partial charge on any atom is 0.140 e. The number of halogens is 1. The first kappa shape index (κ1) is 12.8. The van der Waals surface area contributed by atoms with Crippen molar-refractivity contribution in [3.8, 4) is 5.75 Å². The molecule has 88 valence electrons. The van der Waals surface area contributed by atoms with Crippen LogP contribution in [-0.2, 0) is 0 Å². The molecule has 5 heteroatoms. The second kappa shape index (κ2) is 4.70. The number of nitrogens with zero attached hydrogens (tertiary/aromatic N) is 1. The van der Waals surface area contributed by atoms with E-state index in [1.54, 1.807) is 13.1 Å². The van der Waals surface area contributed by atoms with Crippen LogP contribution in [-0.4, -0.2) is 23.8 Å². The molecule has 1 aromatic rings. The number of aromatic nitrogens is 1. The van der Waals surface area contributed by atoms with Gasteiger partial charge in [-0.3, -0.25) is 0 Å². The Morgan fingerprint density at radius 3 is 2.56 bits per heavy atom. The molecule has 1 aromatic heterocycles. The Bertz CT molecular complexity index is 399. The summed E-state index contributed by atoms with van der Waals surface area (Å²) in [5.41, 5.74) is 0.259. The highest BCUT2D eigenvalue weighted by atomic mass is 35.5. The highest BCUT2D eigenvalue weighted by Gasteiger charge is 2.17. The molecule has 0 aromatic carbocycles. The van der Waals surface area contributed by atoms with Crippen molar-refractivity contribution in [2.75, 3.05) is 12.4 Å². The van der Waals surface area contributed by atoms with Crippen molar-refractivity contribution in [3.05, 3.63) is 16.8 Å². The molecule has 0 amide bonds. The summed E-state index contributed by atoms with van der Waals surface area (Å²) >= 11 is 5.88. The average molecular weight is 242 g/mol. The van der Waals surface area contributed by atoms with Crippen LogP contribution >= 0.6 is 11.6 Å². The first-order chi connectivity index (χ1) is 7.37. The van der Waals surface area contributed by atoms with Crippen LogP contribution in [0.5, 0.6) is 5.75 Å². The van der Waals surface area contributed by atoms with Crippen molar-refractivity contribution < 1.29 is 4.74 Å². The van der Waals surface area contributed by atoms with Gasteiger partial charge < -0.3 is 15.5 Å². The van der Waals surface area contributed by atoms with Gasteiger partial charge in [0.1, 0.15) is 22.3 Å². The molecule has 0 aliphatic heterocycles. The summed E-state index contributed by atoms with van der Waals surface area (Å²) in [4.78, 5) is 4.08. The van der Waals surface area contributed by atoms with E-state index in [2.05, 4.69) is 10.3 Å². The minimum absolute atomic E-state index is 0.340. The molecule has 0 bridgehead atoms. The molecule has 1 rings (SSSR count). The molecule has 0 fully saturated rings. The minimum Gasteiger partial charge on any atom is -0.487 e. The van der Waals surface area contributed by atoms with E-state index < -0.39 is 0 Å². The number of nitrogens with one attached hydrogen (secondary N) is 2. The van der Waals surface area contributed by atoms with Gasteiger partial charge in [0, 0.05) is 19.3 Å². The van der Waals surface area contributed by atoms with Gasteiger partial charge in [-0.2, -0.15) is 0 Å². The molecule has 1 heterocycles. The summed E-state index contributed by atoms with van der Waals surface area (Å²) in [5, 5.41) is 10.6. The van der Waals surface area contributed by atoms with E-state index in [1.807, 2.05) is 20.8 Å². The fourth-order valence-electron chi connectivity index (χ4n) is 1.25. The molecule has 0 atom stereocenters. The summed E-state index contributed by atoms with van der Waals surface area (Å²) in [7, 11) is 1.73. The molecule has 4 nitrogen and oxygen atoms in total. The standard InChI is InChI=1S/C11H16ClN3O/c1-11(2,3)16-8-5-9(12)15-10(14-4)7(8)6-13/h5-6,13H,1-4H3,(H,14,15). The molecule has 0 saturated heterocycles. The van der Waals surface area contributed by atoms with Crippen molar-refractivity contribution in [1.82, 2.24) is 4.98 Å². The molecular weight excluding hydrogens is 226 g/mol. The van der Waals surface area contributed by atoms with E-state index in [4.69, 9.17) is 21.7 Å². The molecule has 0 saturated carbocycles. The predicted molar refractivity (Wildman–Crippen MR) is 67.1 cm³/mol. The molecule has 2 N–H and O–H groups in total. The van der Waals surface area contributed by atoms with Crippen LogP contribution in [0.25, 0.3) is 0 Å². The first-order valence-corrected chi connectivity index (χ1v) is 5.33. The lowest BCUT2D eigenvalue weighted by Gasteiger charge is -2.23. The van der Waals surface area contributed by atoms with Gasteiger partial charge in [-0.15, -0.1) is 0 Å². The highest BCUT2D eigenvalue weighted by Crippen LogP contribution is 2.29. The van der Waals surface area contributed by atoms with Crippen LogP contribution < -0.4 is 10.1 Å². The summed E-state index contributed by atoms with van der Waals surface area (Å²) < 4.78 is 5.73. The van der Waals surface area contributed by atoms with Crippen LogP contribution in [0.2, 0.25) is 5.15 Å². The Hall–Kier alpha value is -1.29. The lowest BCUT2D eigenvalue weighted by Crippen LogP contribution is -2.24. The lowest BCUT2D eigenvalue weighted by atomic mass is 10.1. The van der Waals surface area contributed by atoms with E-state index in [1.165, 1.54) is 6.21 Å². The maximum absolute atomic E-state index is 7.38. The topological polar surface area (TPSA) is 58.0 Å². The number of hydrogen-bond acceptors (Lipinski definition) is 4. The van der Waals surface area contributed by atoms with Gasteiger partial charge in [-0.25, -0.2) is 4.98 Å². The SMILES string of the molecule is CNc1nc(Cl)cc(OC(C)(C)C)c1C=N. The van der Waals surface area contributed by atoms with Crippen LogP contribution in [0.15, 0.2) is 6.07 Å². The lowest BCUT2D eigenvalue weighted by molar-refractivity contribution is 0.130. The zero-order valence-electron chi connectivity index (χ0n) is 9.89.